The van der Waals surface area contributed by atoms with Gasteiger partial charge in [0, 0.05) is 32.2 Å². The molecule has 0 saturated carbocycles. The summed E-state index contributed by atoms with van der Waals surface area (Å²) in [4.78, 5) is 2.41. The van der Waals surface area contributed by atoms with Crippen LogP contribution in [0.25, 0.3) is 0 Å². The molecule has 0 bridgehead atoms. The molecule has 3 rings (SSSR count). The van der Waals surface area contributed by atoms with Crippen LogP contribution in [0, 0.1) is 0 Å². The summed E-state index contributed by atoms with van der Waals surface area (Å²) in [6.45, 7) is 3.60. The van der Waals surface area contributed by atoms with Crippen LogP contribution in [0.5, 0.6) is 5.75 Å². The van der Waals surface area contributed by atoms with Gasteiger partial charge >= 0.3 is 6.36 Å². The standard InChI is InChI=1S/C19H21F3N2O/c20-19(21,22)25-18-8-6-15(7-9-18)12-23-17-10-11-24(14-17)13-16-4-2-1-3-5-16/h1-9,17,23H,10-14H2. The van der Waals surface area contributed by atoms with E-state index in [0.29, 0.717) is 12.6 Å². The van der Waals surface area contributed by atoms with Crippen LogP contribution in [-0.4, -0.2) is 30.4 Å². The minimum atomic E-state index is -4.65. The third-order valence-electron chi connectivity index (χ3n) is 4.27. The van der Waals surface area contributed by atoms with Crippen LogP contribution in [0.1, 0.15) is 17.5 Å². The second-order valence-corrected chi connectivity index (χ2v) is 6.28. The Kier molecular flexibility index (Phi) is 5.60. The summed E-state index contributed by atoms with van der Waals surface area (Å²) in [6, 6.07) is 16.8. The lowest BCUT2D eigenvalue weighted by Crippen LogP contribution is -2.31. The van der Waals surface area contributed by atoms with Gasteiger partial charge in [-0.25, -0.2) is 0 Å². The minimum absolute atomic E-state index is 0.189. The van der Waals surface area contributed by atoms with Gasteiger partial charge in [0.25, 0.3) is 0 Å². The Morgan fingerprint density at radius 2 is 1.72 bits per heavy atom. The Labute approximate surface area is 145 Å². The summed E-state index contributed by atoms with van der Waals surface area (Å²) in [5, 5.41) is 3.48. The Morgan fingerprint density at radius 3 is 2.40 bits per heavy atom. The highest BCUT2D eigenvalue weighted by Gasteiger charge is 2.31. The molecule has 1 heterocycles. The van der Waals surface area contributed by atoms with Crippen molar-refractivity contribution >= 4 is 0 Å². The van der Waals surface area contributed by atoms with Crippen molar-refractivity contribution in [2.75, 3.05) is 13.1 Å². The SMILES string of the molecule is FC(F)(F)Oc1ccc(CNC2CCN(Cc3ccccc3)C2)cc1. The molecule has 1 N–H and O–H groups in total. The fourth-order valence-corrected chi connectivity index (χ4v) is 3.06. The predicted molar refractivity (Wildman–Crippen MR) is 90.1 cm³/mol. The first-order valence-electron chi connectivity index (χ1n) is 8.32. The van der Waals surface area contributed by atoms with E-state index >= 15 is 0 Å². The zero-order valence-electron chi connectivity index (χ0n) is 13.8. The van der Waals surface area contributed by atoms with Crippen LogP contribution >= 0.6 is 0 Å². The van der Waals surface area contributed by atoms with Gasteiger partial charge in [-0.2, -0.15) is 0 Å². The number of halogens is 3. The van der Waals surface area contributed by atoms with E-state index < -0.39 is 6.36 Å². The predicted octanol–water partition coefficient (Wildman–Crippen LogP) is 3.95. The average molecular weight is 350 g/mol. The fourth-order valence-electron chi connectivity index (χ4n) is 3.06. The summed E-state index contributed by atoms with van der Waals surface area (Å²) in [5.74, 6) is -0.189. The summed E-state index contributed by atoms with van der Waals surface area (Å²) in [7, 11) is 0. The number of rotatable bonds is 6. The lowest BCUT2D eigenvalue weighted by Gasteiger charge is -2.17. The van der Waals surface area contributed by atoms with Crippen LogP contribution in [0.2, 0.25) is 0 Å². The van der Waals surface area contributed by atoms with Crippen molar-refractivity contribution in [2.24, 2.45) is 0 Å². The molecule has 1 saturated heterocycles. The summed E-state index contributed by atoms with van der Waals surface area (Å²) >= 11 is 0. The number of benzene rings is 2. The Bertz CT molecular complexity index is 659. The molecule has 2 aromatic carbocycles. The van der Waals surface area contributed by atoms with Crippen molar-refractivity contribution in [3.8, 4) is 5.75 Å². The van der Waals surface area contributed by atoms with Crippen molar-refractivity contribution in [1.82, 2.24) is 10.2 Å². The van der Waals surface area contributed by atoms with Gasteiger partial charge in [0.1, 0.15) is 5.75 Å². The first kappa shape index (κ1) is 17.8. The van der Waals surface area contributed by atoms with Gasteiger partial charge in [-0.3, -0.25) is 4.90 Å². The van der Waals surface area contributed by atoms with E-state index in [1.807, 2.05) is 18.2 Å². The van der Waals surface area contributed by atoms with E-state index in [9.17, 15) is 13.2 Å². The molecular formula is C19H21F3N2O. The largest absolute Gasteiger partial charge is 0.573 e. The number of alkyl halides is 3. The lowest BCUT2D eigenvalue weighted by atomic mass is 10.2. The molecule has 0 spiro atoms. The normalized spacial score (nSPS) is 18.4. The van der Waals surface area contributed by atoms with Gasteiger partial charge in [0.15, 0.2) is 0 Å². The number of nitrogens with one attached hydrogen (secondary N) is 1. The topological polar surface area (TPSA) is 24.5 Å². The van der Waals surface area contributed by atoms with Crippen molar-refractivity contribution in [1.29, 1.82) is 0 Å². The molecule has 0 radical (unpaired) electrons. The number of nitrogens with zero attached hydrogens (tertiary/aromatic N) is 1. The molecular weight excluding hydrogens is 329 g/mol. The molecule has 3 nitrogen and oxygen atoms in total. The quantitative estimate of drug-likeness (QED) is 0.854. The van der Waals surface area contributed by atoms with Crippen molar-refractivity contribution in [3.63, 3.8) is 0 Å². The van der Waals surface area contributed by atoms with E-state index in [2.05, 4.69) is 27.1 Å². The summed E-state index contributed by atoms with van der Waals surface area (Å²) in [6.07, 6.45) is -3.58. The Balaban J connectivity index is 1.43. The monoisotopic (exact) mass is 350 g/mol. The lowest BCUT2D eigenvalue weighted by molar-refractivity contribution is -0.274. The summed E-state index contributed by atoms with van der Waals surface area (Å²) in [5.41, 5.74) is 2.25. The third-order valence-corrected chi connectivity index (χ3v) is 4.27. The van der Waals surface area contributed by atoms with Crippen molar-refractivity contribution in [2.45, 2.75) is 31.9 Å². The van der Waals surface area contributed by atoms with Crippen LogP contribution in [0.3, 0.4) is 0 Å². The minimum Gasteiger partial charge on any atom is -0.406 e. The number of likely N-dealkylation sites (tertiary alicyclic amines) is 1. The third kappa shape index (κ3) is 5.76. The molecule has 1 aliphatic heterocycles. The van der Waals surface area contributed by atoms with Crippen molar-refractivity contribution in [3.05, 3.63) is 65.7 Å². The fraction of sp³-hybridized carbons (Fsp3) is 0.368. The van der Waals surface area contributed by atoms with Gasteiger partial charge in [-0.15, -0.1) is 13.2 Å². The molecule has 6 heteroatoms. The second kappa shape index (κ2) is 7.89. The highest BCUT2D eigenvalue weighted by molar-refractivity contribution is 5.27. The van der Waals surface area contributed by atoms with Gasteiger partial charge < -0.3 is 10.1 Å². The number of hydrogen-bond acceptors (Lipinski definition) is 3. The highest BCUT2D eigenvalue weighted by atomic mass is 19.4. The molecule has 1 atom stereocenters. The van der Waals surface area contributed by atoms with Crippen molar-refractivity contribution < 1.29 is 17.9 Å². The molecule has 0 amide bonds. The Morgan fingerprint density at radius 1 is 1.00 bits per heavy atom. The number of ether oxygens (including phenoxy) is 1. The van der Waals surface area contributed by atoms with E-state index in [1.165, 1.54) is 17.7 Å². The molecule has 134 valence electrons. The molecule has 1 fully saturated rings. The first-order valence-corrected chi connectivity index (χ1v) is 8.32. The van der Waals surface area contributed by atoms with Crippen LogP contribution in [0.15, 0.2) is 54.6 Å². The molecule has 0 aromatic heterocycles. The zero-order valence-corrected chi connectivity index (χ0v) is 13.8. The molecule has 0 aliphatic carbocycles. The zero-order chi connectivity index (χ0) is 17.7. The van der Waals surface area contributed by atoms with Crippen LogP contribution < -0.4 is 10.1 Å². The molecule has 25 heavy (non-hydrogen) atoms. The first-order chi connectivity index (χ1) is 12.0. The average Bonchev–Trinajstić information content (AvgIpc) is 3.01. The maximum absolute atomic E-state index is 12.1. The molecule has 1 unspecified atom stereocenters. The van der Waals surface area contributed by atoms with E-state index in [1.54, 1.807) is 12.1 Å². The molecule has 1 aliphatic rings. The molecule has 2 aromatic rings. The van der Waals surface area contributed by atoms with E-state index in [4.69, 9.17) is 0 Å². The van der Waals surface area contributed by atoms with E-state index in [-0.39, 0.29) is 5.75 Å². The van der Waals surface area contributed by atoms with Gasteiger partial charge in [-0.1, -0.05) is 42.5 Å². The number of hydrogen-bond donors (Lipinski definition) is 1. The smallest absolute Gasteiger partial charge is 0.406 e. The summed E-state index contributed by atoms with van der Waals surface area (Å²) < 4.78 is 40.3. The maximum atomic E-state index is 12.1. The van der Waals surface area contributed by atoms with Gasteiger partial charge in [0.05, 0.1) is 0 Å². The highest BCUT2D eigenvalue weighted by Crippen LogP contribution is 2.23. The van der Waals surface area contributed by atoms with Crippen LogP contribution in [0.4, 0.5) is 13.2 Å². The van der Waals surface area contributed by atoms with Gasteiger partial charge in [-0.05, 0) is 29.7 Å². The Hall–Kier alpha value is -2.05. The van der Waals surface area contributed by atoms with E-state index in [0.717, 1.165) is 31.6 Å². The maximum Gasteiger partial charge on any atom is 0.573 e. The van der Waals surface area contributed by atoms with Crippen LogP contribution in [-0.2, 0) is 13.1 Å². The second-order valence-electron chi connectivity index (χ2n) is 6.28. The van der Waals surface area contributed by atoms with Gasteiger partial charge in [0.2, 0.25) is 0 Å².